The summed E-state index contributed by atoms with van der Waals surface area (Å²) in [4.78, 5) is 0. The molecule has 0 spiro atoms. The highest BCUT2D eigenvalue weighted by Gasteiger charge is 1.98. The van der Waals surface area contributed by atoms with Gasteiger partial charge < -0.3 is 10.9 Å². The molecular formula is C9H14N2O. The Labute approximate surface area is 72.2 Å². The first-order valence-corrected chi connectivity index (χ1v) is 4.02. The molecule has 4 N–H and O–H groups in total. The number of nitrogens with one attached hydrogen (secondary N) is 1. The topological polar surface area (TPSA) is 58.3 Å². The summed E-state index contributed by atoms with van der Waals surface area (Å²) in [7, 11) is 0. The van der Waals surface area contributed by atoms with Crippen LogP contribution in [0.25, 0.3) is 0 Å². The zero-order valence-corrected chi connectivity index (χ0v) is 6.96. The van der Waals surface area contributed by atoms with Crippen molar-refractivity contribution in [1.82, 2.24) is 5.48 Å². The van der Waals surface area contributed by atoms with E-state index >= 15 is 0 Å². The van der Waals surface area contributed by atoms with Gasteiger partial charge in [-0.3, -0.25) is 0 Å². The first-order chi connectivity index (χ1) is 5.88. The van der Waals surface area contributed by atoms with E-state index < -0.39 is 0 Å². The molecule has 12 heavy (non-hydrogen) atoms. The molecule has 0 amide bonds. The van der Waals surface area contributed by atoms with E-state index in [9.17, 15) is 0 Å². The number of hydrogen-bond acceptors (Lipinski definition) is 3. The minimum absolute atomic E-state index is 0.482. The predicted molar refractivity (Wildman–Crippen MR) is 47.8 cm³/mol. The Morgan fingerprint density at radius 2 is 1.92 bits per heavy atom. The van der Waals surface area contributed by atoms with Gasteiger partial charge in [0.25, 0.3) is 0 Å². The van der Waals surface area contributed by atoms with Crippen LogP contribution in [0, 0.1) is 0 Å². The third kappa shape index (κ3) is 2.30. The van der Waals surface area contributed by atoms with Crippen LogP contribution in [0.5, 0.6) is 0 Å². The molecule has 0 saturated heterocycles. The summed E-state index contributed by atoms with van der Waals surface area (Å²) in [5.41, 5.74) is 9.88. The van der Waals surface area contributed by atoms with E-state index in [4.69, 9.17) is 10.9 Å². The molecule has 66 valence electrons. The van der Waals surface area contributed by atoms with Crippen LogP contribution >= 0.6 is 0 Å². The molecule has 3 heteroatoms. The van der Waals surface area contributed by atoms with Crippen molar-refractivity contribution < 1.29 is 5.21 Å². The van der Waals surface area contributed by atoms with Gasteiger partial charge >= 0.3 is 0 Å². The van der Waals surface area contributed by atoms with Crippen LogP contribution in [0.2, 0.25) is 0 Å². The lowest BCUT2D eigenvalue weighted by Crippen LogP contribution is -2.11. The van der Waals surface area contributed by atoms with E-state index in [-0.39, 0.29) is 0 Å². The van der Waals surface area contributed by atoms with Gasteiger partial charge in [0.15, 0.2) is 0 Å². The number of hydrogen-bond donors (Lipinski definition) is 3. The van der Waals surface area contributed by atoms with E-state index in [1.54, 1.807) is 0 Å². The van der Waals surface area contributed by atoms with Gasteiger partial charge in [0, 0.05) is 6.54 Å². The largest absolute Gasteiger partial charge is 0.330 e. The van der Waals surface area contributed by atoms with E-state index in [1.165, 1.54) is 5.56 Å². The van der Waals surface area contributed by atoms with Crippen molar-refractivity contribution in [2.75, 3.05) is 6.54 Å². The molecule has 0 aliphatic carbocycles. The third-order valence-corrected chi connectivity index (χ3v) is 1.80. The molecule has 1 rings (SSSR count). The molecule has 0 aliphatic rings. The van der Waals surface area contributed by atoms with Crippen LogP contribution in [0.4, 0.5) is 0 Å². The van der Waals surface area contributed by atoms with Crippen LogP contribution in [0.15, 0.2) is 24.3 Å². The fraction of sp³-hybridized carbons (Fsp3) is 0.333. The molecule has 0 saturated carbocycles. The van der Waals surface area contributed by atoms with Crippen molar-refractivity contribution in [2.45, 2.75) is 13.0 Å². The highest BCUT2D eigenvalue weighted by molar-refractivity contribution is 5.27. The Bertz CT molecular complexity index is 213. The number of hydroxylamine groups is 1. The van der Waals surface area contributed by atoms with Crippen molar-refractivity contribution in [1.29, 1.82) is 0 Å². The second-order valence-electron chi connectivity index (χ2n) is 2.64. The quantitative estimate of drug-likeness (QED) is 0.576. The number of rotatable bonds is 4. The molecule has 1 aromatic carbocycles. The van der Waals surface area contributed by atoms with Crippen molar-refractivity contribution in [3.05, 3.63) is 35.4 Å². The number of benzene rings is 1. The first kappa shape index (κ1) is 9.19. The van der Waals surface area contributed by atoms with Gasteiger partial charge in [0.05, 0.1) is 0 Å². The normalized spacial score (nSPS) is 10.2. The molecule has 0 heterocycles. The van der Waals surface area contributed by atoms with Gasteiger partial charge in [-0.1, -0.05) is 24.3 Å². The summed E-state index contributed by atoms with van der Waals surface area (Å²) in [5, 5.41) is 8.53. The van der Waals surface area contributed by atoms with E-state index in [1.807, 2.05) is 24.3 Å². The maximum atomic E-state index is 8.53. The average molecular weight is 166 g/mol. The average Bonchev–Trinajstić information content (AvgIpc) is 2.09. The molecule has 0 aliphatic heterocycles. The fourth-order valence-corrected chi connectivity index (χ4v) is 1.21. The summed E-state index contributed by atoms with van der Waals surface area (Å²) in [6, 6.07) is 7.94. The van der Waals surface area contributed by atoms with Gasteiger partial charge in [-0.15, -0.1) is 0 Å². The van der Waals surface area contributed by atoms with E-state index in [0.29, 0.717) is 13.1 Å². The molecule has 0 fully saturated rings. The van der Waals surface area contributed by atoms with Crippen LogP contribution in [-0.4, -0.2) is 11.8 Å². The Hall–Kier alpha value is -0.900. The molecule has 0 unspecified atom stereocenters. The highest BCUT2D eigenvalue weighted by Crippen LogP contribution is 2.08. The maximum absolute atomic E-state index is 8.53. The predicted octanol–water partition coefficient (Wildman–Crippen LogP) is 0.667. The van der Waals surface area contributed by atoms with Crippen LogP contribution in [-0.2, 0) is 13.0 Å². The summed E-state index contributed by atoms with van der Waals surface area (Å²) in [5.74, 6) is 0. The summed E-state index contributed by atoms with van der Waals surface area (Å²) in [6.07, 6.45) is 0.859. The van der Waals surface area contributed by atoms with Crippen molar-refractivity contribution in [3.63, 3.8) is 0 Å². The van der Waals surface area contributed by atoms with E-state index in [0.717, 1.165) is 12.0 Å². The minimum Gasteiger partial charge on any atom is -0.330 e. The minimum atomic E-state index is 0.482. The van der Waals surface area contributed by atoms with Crippen LogP contribution in [0.3, 0.4) is 0 Å². The molecule has 0 aromatic heterocycles. The smallest absolute Gasteiger partial charge is 0.0460 e. The number of nitrogens with two attached hydrogens (primary N) is 1. The summed E-state index contributed by atoms with van der Waals surface area (Å²) in [6.45, 7) is 1.12. The molecule has 3 nitrogen and oxygen atoms in total. The van der Waals surface area contributed by atoms with Gasteiger partial charge in [0.1, 0.15) is 0 Å². The fourth-order valence-electron chi connectivity index (χ4n) is 1.21. The molecule has 0 atom stereocenters. The third-order valence-electron chi connectivity index (χ3n) is 1.80. The van der Waals surface area contributed by atoms with Crippen LogP contribution in [0.1, 0.15) is 11.1 Å². The molecule has 1 aromatic rings. The van der Waals surface area contributed by atoms with Gasteiger partial charge in [-0.05, 0) is 24.1 Å². The SMILES string of the molecule is NCCc1ccccc1CNO. The zero-order chi connectivity index (χ0) is 8.81. The Kier molecular flexibility index (Phi) is 3.73. The lowest BCUT2D eigenvalue weighted by molar-refractivity contribution is 0.161. The second kappa shape index (κ2) is 4.87. The van der Waals surface area contributed by atoms with Gasteiger partial charge in [-0.2, -0.15) is 0 Å². The maximum Gasteiger partial charge on any atom is 0.0460 e. The summed E-state index contributed by atoms with van der Waals surface area (Å²) >= 11 is 0. The Morgan fingerprint density at radius 3 is 2.50 bits per heavy atom. The molecular weight excluding hydrogens is 152 g/mol. The van der Waals surface area contributed by atoms with Gasteiger partial charge in [0.2, 0.25) is 0 Å². The standard InChI is InChI=1S/C9H14N2O/c10-6-5-8-3-1-2-4-9(8)7-11-12/h1-4,11-12H,5-7,10H2. The van der Waals surface area contributed by atoms with Gasteiger partial charge in [-0.25, -0.2) is 5.48 Å². The monoisotopic (exact) mass is 166 g/mol. The Balaban J connectivity index is 2.77. The highest BCUT2D eigenvalue weighted by atomic mass is 16.5. The summed E-state index contributed by atoms with van der Waals surface area (Å²) < 4.78 is 0. The van der Waals surface area contributed by atoms with Crippen molar-refractivity contribution in [3.8, 4) is 0 Å². The van der Waals surface area contributed by atoms with E-state index in [2.05, 4.69) is 5.48 Å². The van der Waals surface area contributed by atoms with Crippen molar-refractivity contribution >= 4 is 0 Å². The first-order valence-electron chi connectivity index (χ1n) is 4.02. The molecule has 0 bridgehead atoms. The van der Waals surface area contributed by atoms with Crippen LogP contribution < -0.4 is 11.2 Å². The zero-order valence-electron chi connectivity index (χ0n) is 6.96. The Morgan fingerprint density at radius 1 is 1.25 bits per heavy atom. The lowest BCUT2D eigenvalue weighted by Gasteiger charge is -2.06. The molecule has 0 radical (unpaired) electrons. The van der Waals surface area contributed by atoms with Crippen molar-refractivity contribution in [2.24, 2.45) is 5.73 Å². The second-order valence-corrected chi connectivity index (χ2v) is 2.64. The lowest BCUT2D eigenvalue weighted by atomic mass is 10.1.